The third-order valence-electron chi connectivity index (χ3n) is 3.69. The van der Waals surface area contributed by atoms with E-state index in [9.17, 15) is 13.2 Å². The van der Waals surface area contributed by atoms with Gasteiger partial charge in [-0.25, -0.2) is 13.1 Å². The Morgan fingerprint density at radius 2 is 2.10 bits per heavy atom. The number of rotatable bonds is 3. The van der Waals surface area contributed by atoms with Crippen molar-refractivity contribution in [3.05, 3.63) is 35.6 Å². The number of nitrogens with one attached hydrogen (secondary N) is 1. The molecule has 0 spiro atoms. The fraction of sp³-hybridized carbons (Fsp3) is 0.357. The monoisotopic (exact) mass is 293 g/mol. The Bertz CT molecular complexity index is 772. The largest absolute Gasteiger partial charge is 0.451 e. The van der Waals surface area contributed by atoms with Gasteiger partial charge in [-0.3, -0.25) is 4.79 Å². The van der Waals surface area contributed by atoms with E-state index in [0.29, 0.717) is 18.4 Å². The summed E-state index contributed by atoms with van der Waals surface area (Å²) < 4.78 is 31.4. The van der Waals surface area contributed by atoms with Gasteiger partial charge in [0.1, 0.15) is 5.58 Å². The first-order valence-corrected chi connectivity index (χ1v) is 8.07. The van der Waals surface area contributed by atoms with E-state index >= 15 is 0 Å². The van der Waals surface area contributed by atoms with Crippen molar-refractivity contribution >= 4 is 26.9 Å². The Morgan fingerprint density at radius 3 is 2.70 bits per heavy atom. The second kappa shape index (κ2) is 4.63. The van der Waals surface area contributed by atoms with E-state index < -0.39 is 21.2 Å². The zero-order valence-electron chi connectivity index (χ0n) is 11.0. The molecule has 1 fully saturated rings. The molecule has 1 heterocycles. The minimum atomic E-state index is -3.58. The van der Waals surface area contributed by atoms with Gasteiger partial charge in [0.15, 0.2) is 5.76 Å². The summed E-state index contributed by atoms with van der Waals surface area (Å²) in [6.45, 7) is 1.87. The minimum Gasteiger partial charge on any atom is -0.451 e. The lowest BCUT2D eigenvalue weighted by molar-refractivity contribution is 0.0955. The number of hydrogen-bond acceptors (Lipinski definition) is 4. The molecule has 0 unspecified atom stereocenters. The lowest BCUT2D eigenvalue weighted by atomic mass is 10.0. The second-order valence-corrected chi connectivity index (χ2v) is 7.09. The maximum Gasteiger partial charge on any atom is 0.300 e. The first-order valence-electron chi connectivity index (χ1n) is 6.52. The van der Waals surface area contributed by atoms with Gasteiger partial charge in [0.25, 0.3) is 5.91 Å². The molecule has 0 aliphatic heterocycles. The van der Waals surface area contributed by atoms with Crippen LogP contribution in [0, 0.1) is 6.92 Å². The molecule has 106 valence electrons. The molecule has 1 saturated carbocycles. The lowest BCUT2D eigenvalue weighted by Gasteiger charge is -2.24. The predicted molar refractivity (Wildman–Crippen MR) is 75.0 cm³/mol. The van der Waals surface area contributed by atoms with Gasteiger partial charge in [-0.15, -0.1) is 0 Å². The number of para-hydroxylation sites is 1. The van der Waals surface area contributed by atoms with Crippen molar-refractivity contribution in [1.82, 2.24) is 4.72 Å². The van der Waals surface area contributed by atoms with Crippen LogP contribution < -0.4 is 4.72 Å². The first-order chi connectivity index (χ1) is 9.47. The standard InChI is InChI=1S/C14H15NO4S/c1-9-4-2-5-10-8-12(19-13(9)10)14(16)15-20(17,18)11-6-3-7-11/h2,4-5,8,11H,3,6-7H2,1H3,(H,15,16). The zero-order valence-corrected chi connectivity index (χ0v) is 11.9. The molecule has 0 radical (unpaired) electrons. The molecule has 1 aliphatic carbocycles. The van der Waals surface area contributed by atoms with Gasteiger partial charge >= 0.3 is 0 Å². The smallest absolute Gasteiger partial charge is 0.300 e. The molecule has 2 aromatic rings. The van der Waals surface area contributed by atoms with Gasteiger partial charge in [0.05, 0.1) is 5.25 Å². The molecule has 1 aromatic heterocycles. The number of hydrogen-bond donors (Lipinski definition) is 1. The normalized spacial score (nSPS) is 16.1. The van der Waals surface area contributed by atoms with Crippen LogP contribution in [0.5, 0.6) is 0 Å². The number of benzene rings is 1. The zero-order chi connectivity index (χ0) is 14.3. The highest BCUT2D eigenvalue weighted by atomic mass is 32.2. The first kappa shape index (κ1) is 13.2. The van der Waals surface area contributed by atoms with Crippen LogP contribution in [0.15, 0.2) is 28.7 Å². The summed E-state index contributed by atoms with van der Waals surface area (Å²) in [4.78, 5) is 12.0. The summed E-state index contributed by atoms with van der Waals surface area (Å²) in [5.41, 5.74) is 1.52. The molecule has 6 heteroatoms. The molecule has 1 N–H and O–H groups in total. The highest BCUT2D eigenvalue weighted by molar-refractivity contribution is 7.90. The molecule has 20 heavy (non-hydrogen) atoms. The van der Waals surface area contributed by atoms with Gasteiger partial charge in [0.2, 0.25) is 10.0 Å². The van der Waals surface area contributed by atoms with Crippen molar-refractivity contribution in [1.29, 1.82) is 0 Å². The average Bonchev–Trinajstić information content (AvgIpc) is 2.70. The number of carbonyl (C=O) groups is 1. The van der Waals surface area contributed by atoms with Crippen molar-refractivity contribution in [3.63, 3.8) is 0 Å². The van der Waals surface area contributed by atoms with Crippen molar-refractivity contribution in [3.8, 4) is 0 Å². The van der Waals surface area contributed by atoms with E-state index in [2.05, 4.69) is 4.72 Å². The third-order valence-corrected chi connectivity index (χ3v) is 5.51. The highest BCUT2D eigenvalue weighted by Gasteiger charge is 2.33. The summed E-state index contributed by atoms with van der Waals surface area (Å²) in [5.74, 6) is -0.676. The van der Waals surface area contributed by atoms with E-state index in [1.54, 1.807) is 6.07 Å². The maximum atomic E-state index is 12.0. The number of fused-ring (bicyclic) bond motifs is 1. The molecule has 0 atom stereocenters. The second-order valence-electron chi connectivity index (χ2n) is 5.13. The van der Waals surface area contributed by atoms with Crippen LogP contribution in [-0.2, 0) is 10.0 Å². The predicted octanol–water partition coefficient (Wildman–Crippen LogP) is 2.35. The van der Waals surface area contributed by atoms with E-state index in [0.717, 1.165) is 17.4 Å². The third kappa shape index (κ3) is 2.20. The molecular weight excluding hydrogens is 278 g/mol. The van der Waals surface area contributed by atoms with Crippen molar-refractivity contribution in [2.75, 3.05) is 0 Å². The molecule has 0 saturated heterocycles. The van der Waals surface area contributed by atoms with Crippen molar-refractivity contribution < 1.29 is 17.6 Å². The molecule has 1 amide bonds. The van der Waals surface area contributed by atoms with Gasteiger partial charge in [-0.1, -0.05) is 24.6 Å². The summed E-state index contributed by atoms with van der Waals surface area (Å²) in [7, 11) is -3.58. The summed E-state index contributed by atoms with van der Waals surface area (Å²) in [6, 6.07) is 7.12. The summed E-state index contributed by atoms with van der Waals surface area (Å²) in [6.07, 6.45) is 2.12. The van der Waals surface area contributed by atoms with E-state index in [-0.39, 0.29) is 5.76 Å². The number of sulfonamides is 1. The van der Waals surface area contributed by atoms with Crippen LogP contribution in [-0.4, -0.2) is 19.6 Å². The Hall–Kier alpha value is -1.82. The van der Waals surface area contributed by atoms with Crippen molar-refractivity contribution in [2.24, 2.45) is 0 Å². The number of aryl methyl sites for hydroxylation is 1. The molecule has 0 bridgehead atoms. The van der Waals surface area contributed by atoms with E-state index in [1.165, 1.54) is 0 Å². The number of carbonyl (C=O) groups excluding carboxylic acids is 1. The SMILES string of the molecule is Cc1cccc2cc(C(=O)NS(=O)(=O)C3CCC3)oc12. The van der Waals surface area contributed by atoms with Crippen LogP contribution in [0.4, 0.5) is 0 Å². The Labute approximate surface area is 117 Å². The maximum absolute atomic E-state index is 12.0. The Balaban J connectivity index is 1.87. The molecule has 1 aliphatic rings. The lowest BCUT2D eigenvalue weighted by Crippen LogP contribution is -2.41. The van der Waals surface area contributed by atoms with Crippen LogP contribution in [0.1, 0.15) is 35.4 Å². The average molecular weight is 293 g/mol. The Morgan fingerprint density at radius 1 is 1.35 bits per heavy atom. The molecule has 3 rings (SSSR count). The fourth-order valence-electron chi connectivity index (χ4n) is 2.26. The van der Waals surface area contributed by atoms with Crippen LogP contribution in [0.3, 0.4) is 0 Å². The topological polar surface area (TPSA) is 76.4 Å². The number of amides is 1. The Kier molecular flexibility index (Phi) is 3.05. The van der Waals surface area contributed by atoms with E-state index in [1.807, 2.05) is 25.1 Å². The minimum absolute atomic E-state index is 0.0252. The van der Waals surface area contributed by atoms with Gasteiger partial charge < -0.3 is 4.42 Å². The summed E-state index contributed by atoms with van der Waals surface area (Å²) in [5, 5.41) is 0.341. The molecule has 5 nitrogen and oxygen atoms in total. The van der Waals surface area contributed by atoms with Crippen LogP contribution >= 0.6 is 0 Å². The van der Waals surface area contributed by atoms with Gasteiger partial charge in [-0.05, 0) is 31.4 Å². The van der Waals surface area contributed by atoms with Crippen molar-refractivity contribution in [2.45, 2.75) is 31.4 Å². The molecule has 1 aromatic carbocycles. The van der Waals surface area contributed by atoms with E-state index in [4.69, 9.17) is 4.42 Å². The van der Waals surface area contributed by atoms with Gasteiger partial charge in [-0.2, -0.15) is 0 Å². The van der Waals surface area contributed by atoms with Crippen LogP contribution in [0.25, 0.3) is 11.0 Å². The molecular formula is C14H15NO4S. The van der Waals surface area contributed by atoms with Gasteiger partial charge in [0, 0.05) is 5.39 Å². The quantitative estimate of drug-likeness (QED) is 0.942. The highest BCUT2D eigenvalue weighted by Crippen LogP contribution is 2.26. The summed E-state index contributed by atoms with van der Waals surface area (Å²) >= 11 is 0. The number of furan rings is 1. The van der Waals surface area contributed by atoms with Crippen LogP contribution in [0.2, 0.25) is 0 Å². The fourth-order valence-corrected chi connectivity index (χ4v) is 3.74.